The highest BCUT2D eigenvalue weighted by atomic mass is 16.5. The summed E-state index contributed by atoms with van der Waals surface area (Å²) in [7, 11) is 0. The molecule has 0 amide bonds. The first-order valence-corrected chi connectivity index (χ1v) is 14.7. The lowest BCUT2D eigenvalue weighted by molar-refractivity contribution is -0.178. The second-order valence-corrected chi connectivity index (χ2v) is 11.7. The van der Waals surface area contributed by atoms with Crippen LogP contribution in [0.1, 0.15) is 145 Å². The molecule has 0 N–H and O–H groups in total. The number of allylic oxidation sites excluding steroid dienone is 6. The molecule has 1 heteroatoms. The van der Waals surface area contributed by atoms with Crippen molar-refractivity contribution in [1.29, 1.82) is 0 Å². The van der Waals surface area contributed by atoms with E-state index >= 15 is 0 Å². The zero-order chi connectivity index (χ0) is 25.0. The molecule has 2 aliphatic rings. The molecule has 3 unspecified atom stereocenters. The quantitative estimate of drug-likeness (QED) is 0.171. The SMILES string of the molecule is CCCC/C=C(\C)CC/C=C(\C)CCCC1(C)CCC2=CC=C(C)C(C)C2(CCCCCC)O1. The highest BCUT2D eigenvalue weighted by molar-refractivity contribution is 5.36. The normalized spacial score (nSPS) is 27.9. The van der Waals surface area contributed by atoms with E-state index in [-0.39, 0.29) is 11.2 Å². The summed E-state index contributed by atoms with van der Waals surface area (Å²) in [6, 6.07) is 0. The molecular weight excluding hydrogens is 412 g/mol. The lowest BCUT2D eigenvalue weighted by atomic mass is 9.67. The molecule has 1 aliphatic heterocycles. The molecule has 1 fully saturated rings. The number of unbranched alkanes of at least 4 members (excludes halogenated alkanes) is 5. The van der Waals surface area contributed by atoms with Crippen molar-refractivity contribution in [2.45, 2.75) is 156 Å². The highest BCUT2D eigenvalue weighted by Gasteiger charge is 2.49. The Balaban J connectivity index is 1.91. The highest BCUT2D eigenvalue weighted by Crippen LogP contribution is 2.51. The zero-order valence-corrected chi connectivity index (χ0v) is 23.9. The van der Waals surface area contributed by atoms with Crippen molar-refractivity contribution in [2.75, 3.05) is 0 Å². The summed E-state index contributed by atoms with van der Waals surface area (Å²) >= 11 is 0. The van der Waals surface area contributed by atoms with Gasteiger partial charge in [0.15, 0.2) is 0 Å². The summed E-state index contributed by atoms with van der Waals surface area (Å²) in [4.78, 5) is 0. The first-order valence-electron chi connectivity index (χ1n) is 14.7. The van der Waals surface area contributed by atoms with E-state index in [1.165, 1.54) is 102 Å². The summed E-state index contributed by atoms with van der Waals surface area (Å²) in [5.41, 5.74) is 6.11. The predicted molar refractivity (Wildman–Crippen MR) is 151 cm³/mol. The van der Waals surface area contributed by atoms with Gasteiger partial charge in [0.2, 0.25) is 0 Å². The van der Waals surface area contributed by atoms with Gasteiger partial charge in [0.1, 0.15) is 0 Å². The van der Waals surface area contributed by atoms with Crippen molar-refractivity contribution in [3.63, 3.8) is 0 Å². The first-order chi connectivity index (χ1) is 16.3. The Morgan fingerprint density at radius 1 is 0.912 bits per heavy atom. The van der Waals surface area contributed by atoms with Crippen LogP contribution in [0.15, 0.2) is 46.6 Å². The molecule has 0 saturated carbocycles. The predicted octanol–water partition coefficient (Wildman–Crippen LogP) is 10.8. The van der Waals surface area contributed by atoms with Crippen LogP contribution in [0.25, 0.3) is 0 Å². The summed E-state index contributed by atoms with van der Waals surface area (Å²) in [5, 5.41) is 0. The van der Waals surface area contributed by atoms with Gasteiger partial charge in [0.05, 0.1) is 11.2 Å². The third kappa shape index (κ3) is 8.54. The molecule has 1 saturated heterocycles. The minimum atomic E-state index is -0.0634. The molecule has 3 atom stereocenters. The molecule has 194 valence electrons. The molecule has 0 spiro atoms. The zero-order valence-electron chi connectivity index (χ0n) is 23.9. The van der Waals surface area contributed by atoms with Gasteiger partial charge in [0.25, 0.3) is 0 Å². The van der Waals surface area contributed by atoms with Gasteiger partial charge < -0.3 is 4.74 Å². The van der Waals surface area contributed by atoms with E-state index in [2.05, 4.69) is 72.8 Å². The first kappa shape index (κ1) is 29.2. The average molecular weight is 469 g/mol. The smallest absolute Gasteiger partial charge is 0.0964 e. The fourth-order valence-electron chi connectivity index (χ4n) is 5.96. The molecule has 1 aliphatic carbocycles. The van der Waals surface area contributed by atoms with Gasteiger partial charge in [-0.25, -0.2) is 0 Å². The van der Waals surface area contributed by atoms with Crippen molar-refractivity contribution in [3.8, 4) is 0 Å². The van der Waals surface area contributed by atoms with Crippen LogP contribution in [0.2, 0.25) is 0 Å². The van der Waals surface area contributed by atoms with Crippen molar-refractivity contribution in [1.82, 2.24) is 0 Å². The van der Waals surface area contributed by atoms with Crippen LogP contribution in [-0.2, 0) is 4.74 Å². The van der Waals surface area contributed by atoms with Gasteiger partial charge in [-0.05, 0) is 91.1 Å². The van der Waals surface area contributed by atoms with E-state index in [4.69, 9.17) is 4.74 Å². The van der Waals surface area contributed by atoms with Crippen LogP contribution in [0.5, 0.6) is 0 Å². The van der Waals surface area contributed by atoms with Gasteiger partial charge in [-0.2, -0.15) is 0 Å². The molecule has 0 aromatic heterocycles. The molecule has 0 radical (unpaired) electrons. The van der Waals surface area contributed by atoms with Crippen LogP contribution in [0.4, 0.5) is 0 Å². The molecule has 0 aromatic rings. The molecule has 0 bridgehead atoms. The Kier molecular flexibility index (Phi) is 12.4. The number of ether oxygens (including phenoxy) is 1. The van der Waals surface area contributed by atoms with Crippen LogP contribution < -0.4 is 0 Å². The van der Waals surface area contributed by atoms with E-state index in [0.717, 1.165) is 0 Å². The van der Waals surface area contributed by atoms with Gasteiger partial charge >= 0.3 is 0 Å². The van der Waals surface area contributed by atoms with E-state index in [1.807, 2.05) is 0 Å². The fraction of sp³-hybridized carbons (Fsp3) is 0.758. The Morgan fingerprint density at radius 3 is 2.35 bits per heavy atom. The fourth-order valence-corrected chi connectivity index (χ4v) is 5.96. The minimum Gasteiger partial charge on any atom is -0.364 e. The van der Waals surface area contributed by atoms with Crippen LogP contribution in [-0.4, -0.2) is 11.2 Å². The van der Waals surface area contributed by atoms with Gasteiger partial charge in [0, 0.05) is 5.92 Å². The lowest BCUT2D eigenvalue weighted by Gasteiger charge is -2.53. The number of fused-ring (bicyclic) bond motifs is 1. The van der Waals surface area contributed by atoms with Gasteiger partial charge in [-0.3, -0.25) is 0 Å². The Morgan fingerprint density at radius 2 is 1.62 bits per heavy atom. The molecule has 34 heavy (non-hydrogen) atoms. The number of hydrogen-bond acceptors (Lipinski definition) is 1. The number of rotatable bonds is 15. The van der Waals surface area contributed by atoms with E-state index < -0.39 is 0 Å². The second kappa shape index (κ2) is 14.5. The minimum absolute atomic E-state index is 0.00681. The topological polar surface area (TPSA) is 9.23 Å². The molecular formula is C33H56O. The maximum atomic E-state index is 7.23. The molecule has 2 rings (SSSR count). The Hall–Kier alpha value is -1.08. The van der Waals surface area contributed by atoms with Crippen LogP contribution in [0.3, 0.4) is 0 Å². The number of hydrogen-bond donors (Lipinski definition) is 0. The van der Waals surface area contributed by atoms with Crippen molar-refractivity contribution >= 4 is 0 Å². The van der Waals surface area contributed by atoms with Crippen LogP contribution >= 0.6 is 0 Å². The second-order valence-electron chi connectivity index (χ2n) is 11.7. The average Bonchev–Trinajstić information content (AvgIpc) is 2.80. The summed E-state index contributed by atoms with van der Waals surface area (Å²) < 4.78 is 7.23. The maximum Gasteiger partial charge on any atom is 0.0964 e. The van der Waals surface area contributed by atoms with Crippen molar-refractivity contribution < 1.29 is 4.74 Å². The lowest BCUT2D eigenvalue weighted by Crippen LogP contribution is -2.53. The standard InChI is InChI=1S/C33H56O/c1-8-10-12-14-25-33-30(6)29(5)21-22-31(33)23-26-32(7,34-33)24-16-20-28(4)19-15-18-27(3)17-13-11-9-2/h17,19,21-22,30H,8-16,18,20,23-26H2,1-7H3/b27-17+,28-19+. The Bertz CT molecular complexity index is 736. The summed E-state index contributed by atoms with van der Waals surface area (Å²) in [5.74, 6) is 0.490. The Labute approximate surface area is 213 Å². The van der Waals surface area contributed by atoms with Crippen LogP contribution in [0, 0.1) is 5.92 Å². The van der Waals surface area contributed by atoms with Gasteiger partial charge in [-0.1, -0.05) is 100 Å². The third-order valence-electron chi connectivity index (χ3n) is 8.59. The van der Waals surface area contributed by atoms with E-state index in [9.17, 15) is 0 Å². The van der Waals surface area contributed by atoms with E-state index in [0.29, 0.717) is 5.92 Å². The summed E-state index contributed by atoms with van der Waals surface area (Å²) in [6.07, 6.45) is 28.4. The van der Waals surface area contributed by atoms with Crippen molar-refractivity contribution in [3.05, 3.63) is 46.6 Å². The maximum absolute atomic E-state index is 7.23. The van der Waals surface area contributed by atoms with Gasteiger partial charge in [-0.15, -0.1) is 0 Å². The monoisotopic (exact) mass is 468 g/mol. The molecule has 1 heterocycles. The van der Waals surface area contributed by atoms with Crippen molar-refractivity contribution in [2.24, 2.45) is 5.92 Å². The van der Waals surface area contributed by atoms with E-state index in [1.54, 1.807) is 16.7 Å². The molecule has 1 nitrogen and oxygen atoms in total. The summed E-state index contributed by atoms with van der Waals surface area (Å²) in [6.45, 7) is 16.3. The molecule has 0 aromatic carbocycles. The largest absolute Gasteiger partial charge is 0.364 e. The third-order valence-corrected chi connectivity index (χ3v) is 8.59.